The zero-order valence-electron chi connectivity index (χ0n) is 18.7. The number of halogens is 2. The largest absolute Gasteiger partial charge is 0.494 e. The second-order valence-corrected chi connectivity index (χ2v) is 8.20. The van der Waals surface area contributed by atoms with Gasteiger partial charge in [0.1, 0.15) is 11.6 Å². The Labute approximate surface area is 201 Å². The third-order valence-corrected chi connectivity index (χ3v) is 5.76. The number of carbonyl (C=O) groups excluding carboxylic acids is 2. The number of carbonyl (C=O) groups is 2. The Hall–Kier alpha value is -3.46. The molecule has 1 aliphatic rings. The van der Waals surface area contributed by atoms with Crippen LogP contribution < -0.4 is 4.74 Å². The molecule has 2 heterocycles. The molecule has 0 N–H and O–H groups in total. The van der Waals surface area contributed by atoms with Gasteiger partial charge >= 0.3 is 0 Å². The van der Waals surface area contributed by atoms with E-state index >= 15 is 0 Å². The molecule has 3 aromatic rings. The molecule has 1 fully saturated rings. The predicted octanol–water partition coefficient (Wildman–Crippen LogP) is 3.85. The predicted molar refractivity (Wildman–Crippen MR) is 123 cm³/mol. The molecule has 0 aliphatic carbocycles. The summed E-state index contributed by atoms with van der Waals surface area (Å²) in [5, 5.41) is 4.28. The van der Waals surface area contributed by atoms with Gasteiger partial charge in [0.25, 0.3) is 5.91 Å². The summed E-state index contributed by atoms with van der Waals surface area (Å²) >= 11 is 5.89. The van der Waals surface area contributed by atoms with Crippen LogP contribution in [0, 0.1) is 5.82 Å². The van der Waals surface area contributed by atoms with Crippen molar-refractivity contribution in [2.45, 2.75) is 19.8 Å². The number of nitrogens with zero attached hydrogens (tertiary/aromatic N) is 4. The molecule has 1 aromatic heterocycles. The van der Waals surface area contributed by atoms with E-state index in [1.165, 1.54) is 23.1 Å². The zero-order chi connectivity index (χ0) is 24.1. The van der Waals surface area contributed by atoms with E-state index in [0.717, 1.165) is 11.3 Å². The van der Waals surface area contributed by atoms with Crippen LogP contribution in [-0.4, -0.2) is 64.5 Å². The number of hydrogen-bond acceptors (Lipinski definition) is 6. The molecule has 0 unspecified atom stereocenters. The summed E-state index contributed by atoms with van der Waals surface area (Å²) in [4.78, 5) is 32.8. The van der Waals surface area contributed by atoms with Crippen molar-refractivity contribution in [3.63, 3.8) is 0 Å². The minimum absolute atomic E-state index is 0.0630. The van der Waals surface area contributed by atoms with Crippen LogP contribution in [0.3, 0.4) is 0 Å². The van der Waals surface area contributed by atoms with Crippen molar-refractivity contribution >= 4 is 23.4 Å². The van der Waals surface area contributed by atoms with Crippen LogP contribution in [0.25, 0.3) is 11.4 Å². The van der Waals surface area contributed by atoms with Crippen LogP contribution in [-0.2, 0) is 11.2 Å². The number of aromatic nitrogens is 2. The minimum atomic E-state index is -0.614. The highest BCUT2D eigenvalue weighted by molar-refractivity contribution is 6.31. The zero-order valence-corrected chi connectivity index (χ0v) is 19.4. The van der Waals surface area contributed by atoms with Gasteiger partial charge in [-0.05, 0) is 49.4 Å². The van der Waals surface area contributed by atoms with Gasteiger partial charge in [0.05, 0.1) is 12.2 Å². The number of ether oxygens (including phenoxy) is 1. The third kappa shape index (κ3) is 5.53. The quantitative estimate of drug-likeness (QED) is 0.504. The molecule has 0 radical (unpaired) electrons. The van der Waals surface area contributed by atoms with Crippen molar-refractivity contribution < 1.29 is 23.2 Å². The van der Waals surface area contributed by atoms with Gasteiger partial charge < -0.3 is 19.1 Å². The maximum absolute atomic E-state index is 14.0. The molecular weight excluding hydrogens is 463 g/mol. The molecule has 0 saturated carbocycles. The molecule has 178 valence electrons. The third-order valence-electron chi connectivity index (χ3n) is 5.52. The highest BCUT2D eigenvalue weighted by Gasteiger charge is 2.26. The fourth-order valence-electron chi connectivity index (χ4n) is 3.70. The van der Waals surface area contributed by atoms with Crippen LogP contribution in [0.15, 0.2) is 47.0 Å². The summed E-state index contributed by atoms with van der Waals surface area (Å²) in [7, 11) is 0. The Kier molecular flexibility index (Phi) is 7.42. The molecule has 2 aromatic carbocycles. The van der Waals surface area contributed by atoms with Gasteiger partial charge in [0.15, 0.2) is 0 Å². The minimum Gasteiger partial charge on any atom is -0.494 e. The van der Waals surface area contributed by atoms with Crippen LogP contribution in [0.1, 0.15) is 29.6 Å². The first-order valence-electron chi connectivity index (χ1n) is 11.0. The van der Waals surface area contributed by atoms with Gasteiger partial charge in [0.2, 0.25) is 17.6 Å². The summed E-state index contributed by atoms with van der Waals surface area (Å²) in [6.45, 7) is 3.88. The van der Waals surface area contributed by atoms with Gasteiger partial charge in [-0.1, -0.05) is 16.8 Å². The van der Waals surface area contributed by atoms with E-state index in [2.05, 4.69) is 10.1 Å². The lowest BCUT2D eigenvalue weighted by atomic mass is 10.1. The summed E-state index contributed by atoms with van der Waals surface area (Å²) in [5.41, 5.74) is 0.730. The van der Waals surface area contributed by atoms with E-state index in [4.69, 9.17) is 20.9 Å². The van der Waals surface area contributed by atoms with Gasteiger partial charge in [0, 0.05) is 49.6 Å². The van der Waals surface area contributed by atoms with E-state index in [0.29, 0.717) is 55.9 Å². The SMILES string of the molecule is CCOc1ccc(-c2noc(CCC(=O)N3CCN(C(=O)c4cc(Cl)ccc4F)CC3)n2)cc1. The molecule has 1 saturated heterocycles. The molecule has 0 bridgehead atoms. The highest BCUT2D eigenvalue weighted by atomic mass is 35.5. The lowest BCUT2D eigenvalue weighted by Gasteiger charge is -2.35. The number of amides is 2. The number of aryl methyl sites for hydroxylation is 1. The van der Waals surface area contributed by atoms with Crippen molar-refractivity contribution in [2.24, 2.45) is 0 Å². The van der Waals surface area contributed by atoms with Gasteiger partial charge in [-0.25, -0.2) is 4.39 Å². The summed E-state index contributed by atoms with van der Waals surface area (Å²) in [5.74, 6) is 0.479. The Morgan fingerprint density at radius 3 is 2.50 bits per heavy atom. The lowest BCUT2D eigenvalue weighted by Crippen LogP contribution is -2.50. The van der Waals surface area contributed by atoms with Crippen LogP contribution >= 0.6 is 11.6 Å². The van der Waals surface area contributed by atoms with Crippen molar-refractivity contribution in [3.8, 4) is 17.1 Å². The first kappa shape index (κ1) is 23.7. The highest BCUT2D eigenvalue weighted by Crippen LogP contribution is 2.21. The summed E-state index contributed by atoms with van der Waals surface area (Å²) < 4.78 is 24.7. The molecule has 2 amide bonds. The number of benzene rings is 2. The molecule has 8 nitrogen and oxygen atoms in total. The van der Waals surface area contributed by atoms with Crippen molar-refractivity contribution in [3.05, 3.63) is 64.8 Å². The maximum atomic E-state index is 14.0. The second kappa shape index (κ2) is 10.6. The summed E-state index contributed by atoms with van der Waals surface area (Å²) in [6, 6.07) is 11.3. The van der Waals surface area contributed by atoms with Crippen molar-refractivity contribution in [1.82, 2.24) is 19.9 Å². The van der Waals surface area contributed by atoms with E-state index < -0.39 is 11.7 Å². The lowest BCUT2D eigenvalue weighted by molar-refractivity contribution is -0.132. The number of piperazine rings is 1. The van der Waals surface area contributed by atoms with Crippen LogP contribution in [0.4, 0.5) is 4.39 Å². The van der Waals surface area contributed by atoms with Crippen molar-refractivity contribution in [2.75, 3.05) is 32.8 Å². The Bertz CT molecular complexity index is 1160. The number of rotatable bonds is 7. The Morgan fingerprint density at radius 1 is 1.09 bits per heavy atom. The fraction of sp³-hybridized carbons (Fsp3) is 0.333. The van der Waals surface area contributed by atoms with Crippen LogP contribution in [0.2, 0.25) is 5.02 Å². The molecule has 34 heavy (non-hydrogen) atoms. The smallest absolute Gasteiger partial charge is 0.257 e. The van der Waals surface area contributed by atoms with Crippen LogP contribution in [0.5, 0.6) is 5.75 Å². The van der Waals surface area contributed by atoms with E-state index in [1.807, 2.05) is 31.2 Å². The van der Waals surface area contributed by atoms with Gasteiger partial charge in [-0.3, -0.25) is 9.59 Å². The average molecular weight is 487 g/mol. The number of hydrogen-bond donors (Lipinski definition) is 0. The topological polar surface area (TPSA) is 88.8 Å². The van der Waals surface area contributed by atoms with E-state index in [-0.39, 0.29) is 17.9 Å². The standard InChI is InChI=1S/C24H24ClFN4O4/c1-2-33-18-6-3-16(4-7-18)23-27-21(34-28-23)9-10-22(31)29-11-13-30(14-12-29)24(32)19-15-17(25)5-8-20(19)26/h3-8,15H,2,9-14H2,1H3. The summed E-state index contributed by atoms with van der Waals surface area (Å²) in [6.07, 6.45) is 0.525. The molecule has 1 aliphatic heterocycles. The molecule has 0 spiro atoms. The first-order valence-corrected chi connectivity index (χ1v) is 11.4. The molecule has 4 rings (SSSR count). The first-order chi connectivity index (χ1) is 16.4. The molecule has 10 heteroatoms. The Balaban J connectivity index is 1.27. The fourth-order valence-corrected chi connectivity index (χ4v) is 3.88. The molecular formula is C24H24ClFN4O4. The second-order valence-electron chi connectivity index (χ2n) is 7.77. The Morgan fingerprint density at radius 2 is 1.79 bits per heavy atom. The molecule has 0 atom stereocenters. The monoisotopic (exact) mass is 486 g/mol. The maximum Gasteiger partial charge on any atom is 0.257 e. The van der Waals surface area contributed by atoms with E-state index in [1.54, 1.807) is 4.90 Å². The normalized spacial score (nSPS) is 13.7. The average Bonchev–Trinajstić information content (AvgIpc) is 3.33. The van der Waals surface area contributed by atoms with Gasteiger partial charge in [-0.15, -0.1) is 0 Å². The van der Waals surface area contributed by atoms with Crippen molar-refractivity contribution in [1.29, 1.82) is 0 Å². The van der Waals surface area contributed by atoms with E-state index in [9.17, 15) is 14.0 Å². The van der Waals surface area contributed by atoms with Gasteiger partial charge in [-0.2, -0.15) is 4.98 Å².